The number of benzene rings is 2. The third kappa shape index (κ3) is 4.84. The van der Waals surface area contributed by atoms with Crippen LogP contribution in [0.3, 0.4) is 0 Å². The number of hydrogen-bond donors (Lipinski definition) is 0. The van der Waals surface area contributed by atoms with E-state index in [0.717, 1.165) is 0 Å². The molecule has 1 atom stereocenters. The van der Waals surface area contributed by atoms with E-state index in [0.29, 0.717) is 49.2 Å². The Balaban J connectivity index is 2.01. The first kappa shape index (κ1) is 26.0. The molecule has 9 nitrogen and oxygen atoms in total. The number of allylic oxidation sites excluding steroid dienone is 1. The summed E-state index contributed by atoms with van der Waals surface area (Å²) in [4.78, 5) is 32.1. The number of esters is 1. The van der Waals surface area contributed by atoms with E-state index in [2.05, 4.69) is 4.99 Å². The highest BCUT2D eigenvalue weighted by atomic mass is 32.1. The van der Waals surface area contributed by atoms with Crippen molar-refractivity contribution in [2.45, 2.75) is 19.9 Å². The van der Waals surface area contributed by atoms with E-state index in [4.69, 9.17) is 23.7 Å². The SMILES string of the molecule is CCOC(=O)C1=C(C)N=c2s/c(=C/c3ccc(OC)cc3OC)c(=O)n2[C@H]1c1cc(OC)ccc1OC. The van der Waals surface area contributed by atoms with E-state index in [1.165, 1.54) is 23.0 Å². The molecule has 0 saturated heterocycles. The molecule has 37 heavy (non-hydrogen) atoms. The Hall–Kier alpha value is -4.05. The summed E-state index contributed by atoms with van der Waals surface area (Å²) in [6.45, 7) is 3.64. The lowest BCUT2D eigenvalue weighted by Crippen LogP contribution is -2.40. The van der Waals surface area contributed by atoms with Crippen LogP contribution in [0.15, 0.2) is 57.5 Å². The zero-order chi connectivity index (χ0) is 26.7. The predicted octanol–water partition coefficient (Wildman–Crippen LogP) is 2.83. The maximum atomic E-state index is 13.9. The quantitative estimate of drug-likeness (QED) is 0.418. The second-order valence-electron chi connectivity index (χ2n) is 8.02. The molecule has 0 aliphatic carbocycles. The zero-order valence-corrected chi connectivity index (χ0v) is 22.3. The van der Waals surface area contributed by atoms with Gasteiger partial charge in [-0.2, -0.15) is 0 Å². The number of ether oxygens (including phenoxy) is 5. The number of thiazole rings is 1. The summed E-state index contributed by atoms with van der Waals surface area (Å²) in [5, 5.41) is 0. The number of nitrogens with zero attached hydrogens (tertiary/aromatic N) is 2. The first-order chi connectivity index (χ1) is 17.9. The van der Waals surface area contributed by atoms with Crippen molar-refractivity contribution in [3.05, 3.63) is 78.5 Å². The molecule has 2 aromatic carbocycles. The average molecular weight is 525 g/mol. The molecule has 0 unspecified atom stereocenters. The Morgan fingerprint density at radius 2 is 1.68 bits per heavy atom. The van der Waals surface area contributed by atoms with Gasteiger partial charge in [-0.25, -0.2) is 9.79 Å². The molecule has 1 aliphatic heterocycles. The Morgan fingerprint density at radius 1 is 1.00 bits per heavy atom. The molecular formula is C27H28N2O7S. The molecule has 0 spiro atoms. The van der Waals surface area contributed by atoms with Gasteiger partial charge >= 0.3 is 5.97 Å². The van der Waals surface area contributed by atoms with Gasteiger partial charge in [0.25, 0.3) is 5.56 Å². The van der Waals surface area contributed by atoms with E-state index in [1.807, 2.05) is 6.07 Å². The van der Waals surface area contributed by atoms with Crippen LogP contribution >= 0.6 is 11.3 Å². The molecular weight excluding hydrogens is 496 g/mol. The standard InChI is InChI=1S/C27H28N2O7S/c1-7-36-26(31)23-15(2)28-27-29(24(23)19-13-17(32-3)10-11-20(19)34-5)25(30)22(37-27)12-16-8-9-18(33-4)14-21(16)35-6/h8-14,24H,7H2,1-6H3/b22-12+/t24-/m0/s1. The highest BCUT2D eigenvalue weighted by Gasteiger charge is 2.35. The van der Waals surface area contributed by atoms with Crippen LogP contribution in [0.5, 0.6) is 23.0 Å². The van der Waals surface area contributed by atoms with Gasteiger partial charge in [0.1, 0.15) is 29.0 Å². The second-order valence-corrected chi connectivity index (χ2v) is 9.03. The third-order valence-electron chi connectivity index (χ3n) is 5.98. The minimum Gasteiger partial charge on any atom is -0.497 e. The first-order valence-corrected chi connectivity index (χ1v) is 12.3. The van der Waals surface area contributed by atoms with Crippen LogP contribution in [0, 0.1) is 0 Å². The zero-order valence-electron chi connectivity index (χ0n) is 21.5. The molecule has 0 bridgehead atoms. The molecule has 0 fully saturated rings. The summed E-state index contributed by atoms with van der Waals surface area (Å²) in [5.41, 5.74) is 1.68. The van der Waals surface area contributed by atoms with Crippen molar-refractivity contribution in [1.82, 2.24) is 4.57 Å². The van der Waals surface area contributed by atoms with Crippen molar-refractivity contribution in [3.63, 3.8) is 0 Å². The topological polar surface area (TPSA) is 97.6 Å². The van der Waals surface area contributed by atoms with E-state index in [-0.39, 0.29) is 17.7 Å². The van der Waals surface area contributed by atoms with Crippen LogP contribution in [-0.4, -0.2) is 45.6 Å². The van der Waals surface area contributed by atoms with Crippen molar-refractivity contribution < 1.29 is 28.5 Å². The largest absolute Gasteiger partial charge is 0.497 e. The smallest absolute Gasteiger partial charge is 0.338 e. The highest BCUT2D eigenvalue weighted by Crippen LogP contribution is 2.37. The Kier molecular flexibility index (Phi) is 7.68. The summed E-state index contributed by atoms with van der Waals surface area (Å²) in [7, 11) is 6.21. The van der Waals surface area contributed by atoms with Gasteiger partial charge < -0.3 is 23.7 Å². The van der Waals surface area contributed by atoms with Crippen LogP contribution < -0.4 is 33.8 Å². The number of carbonyl (C=O) groups is 1. The van der Waals surface area contributed by atoms with E-state index in [1.54, 1.807) is 71.6 Å². The number of hydrogen-bond acceptors (Lipinski definition) is 9. The fourth-order valence-electron chi connectivity index (χ4n) is 4.22. The van der Waals surface area contributed by atoms with Crippen molar-refractivity contribution in [3.8, 4) is 23.0 Å². The second kappa shape index (κ2) is 10.9. The summed E-state index contributed by atoms with van der Waals surface area (Å²) in [6.07, 6.45) is 1.74. The van der Waals surface area contributed by atoms with Crippen LogP contribution in [-0.2, 0) is 9.53 Å². The minimum absolute atomic E-state index is 0.180. The molecule has 2 heterocycles. The lowest BCUT2D eigenvalue weighted by atomic mass is 9.94. The fourth-order valence-corrected chi connectivity index (χ4v) is 5.26. The molecule has 10 heteroatoms. The number of fused-ring (bicyclic) bond motifs is 1. The summed E-state index contributed by atoms with van der Waals surface area (Å²) < 4.78 is 29.1. The van der Waals surface area contributed by atoms with E-state index in [9.17, 15) is 9.59 Å². The van der Waals surface area contributed by atoms with Crippen LogP contribution in [0.25, 0.3) is 6.08 Å². The van der Waals surface area contributed by atoms with Gasteiger partial charge in [0.2, 0.25) is 0 Å². The molecule has 1 aromatic heterocycles. The van der Waals surface area contributed by atoms with Gasteiger partial charge in [0.05, 0.1) is 50.8 Å². The van der Waals surface area contributed by atoms with Gasteiger partial charge in [-0.15, -0.1) is 0 Å². The minimum atomic E-state index is -0.833. The molecule has 0 amide bonds. The average Bonchev–Trinajstić information content (AvgIpc) is 3.21. The normalized spacial score (nSPS) is 15.1. The van der Waals surface area contributed by atoms with Gasteiger partial charge in [0, 0.05) is 17.2 Å². The van der Waals surface area contributed by atoms with E-state index < -0.39 is 12.0 Å². The van der Waals surface area contributed by atoms with Crippen molar-refractivity contribution in [2.24, 2.45) is 4.99 Å². The summed E-state index contributed by atoms with van der Waals surface area (Å²) in [5.74, 6) is 1.69. The molecule has 4 rings (SSSR count). The van der Waals surface area contributed by atoms with E-state index >= 15 is 0 Å². The Labute approximate surface area is 217 Å². The molecule has 1 aliphatic rings. The molecule has 3 aromatic rings. The highest BCUT2D eigenvalue weighted by molar-refractivity contribution is 7.07. The van der Waals surface area contributed by atoms with Crippen molar-refractivity contribution >= 4 is 23.4 Å². The van der Waals surface area contributed by atoms with Crippen molar-refractivity contribution in [1.29, 1.82) is 0 Å². The Morgan fingerprint density at radius 3 is 2.32 bits per heavy atom. The number of aromatic nitrogens is 1. The number of rotatable bonds is 8. The van der Waals surface area contributed by atoms with Gasteiger partial charge in [-0.05, 0) is 50.3 Å². The number of carbonyl (C=O) groups excluding carboxylic acids is 1. The van der Waals surface area contributed by atoms with Gasteiger partial charge in [0.15, 0.2) is 4.80 Å². The number of methoxy groups -OCH3 is 4. The lowest BCUT2D eigenvalue weighted by molar-refractivity contribution is -0.139. The molecule has 0 saturated carbocycles. The first-order valence-electron chi connectivity index (χ1n) is 11.5. The predicted molar refractivity (Wildman–Crippen MR) is 139 cm³/mol. The third-order valence-corrected chi connectivity index (χ3v) is 6.96. The van der Waals surface area contributed by atoms with Crippen LogP contribution in [0.4, 0.5) is 0 Å². The summed E-state index contributed by atoms with van der Waals surface area (Å²) in [6, 6.07) is 9.76. The Bertz CT molecular complexity index is 1550. The lowest BCUT2D eigenvalue weighted by Gasteiger charge is -2.26. The maximum absolute atomic E-state index is 13.9. The maximum Gasteiger partial charge on any atom is 0.338 e. The van der Waals surface area contributed by atoms with Crippen LogP contribution in [0.2, 0.25) is 0 Å². The monoisotopic (exact) mass is 524 g/mol. The molecule has 0 radical (unpaired) electrons. The van der Waals surface area contributed by atoms with Crippen LogP contribution in [0.1, 0.15) is 31.0 Å². The van der Waals surface area contributed by atoms with Gasteiger partial charge in [-0.1, -0.05) is 11.3 Å². The summed E-state index contributed by atoms with van der Waals surface area (Å²) >= 11 is 1.22. The molecule has 194 valence electrons. The van der Waals surface area contributed by atoms with Gasteiger partial charge in [-0.3, -0.25) is 9.36 Å². The van der Waals surface area contributed by atoms with Crippen molar-refractivity contribution in [2.75, 3.05) is 35.0 Å². The molecule has 0 N–H and O–H groups in total. The fraction of sp³-hybridized carbons (Fsp3) is 0.296.